The smallest absolute Gasteiger partial charge is 0.0677 e. The van der Waals surface area contributed by atoms with Gasteiger partial charge in [-0.15, -0.1) is 0 Å². The maximum atomic E-state index is 6.01. The van der Waals surface area contributed by atoms with Crippen molar-refractivity contribution in [3.63, 3.8) is 0 Å². The highest BCUT2D eigenvalue weighted by molar-refractivity contribution is 4.76. The minimum absolute atomic E-state index is 0.184. The molecule has 0 aromatic rings. The second kappa shape index (κ2) is 7.37. The van der Waals surface area contributed by atoms with Crippen LogP contribution in [0.1, 0.15) is 66.2 Å². The fourth-order valence-corrected chi connectivity index (χ4v) is 1.77. The van der Waals surface area contributed by atoms with Gasteiger partial charge in [-0.3, -0.25) is 0 Å². The lowest BCUT2D eigenvalue weighted by Crippen LogP contribution is -2.31. The van der Waals surface area contributed by atoms with E-state index in [1.807, 2.05) is 0 Å². The van der Waals surface area contributed by atoms with Crippen molar-refractivity contribution in [2.75, 3.05) is 6.61 Å². The van der Waals surface area contributed by atoms with Crippen LogP contribution in [0.2, 0.25) is 0 Å². The first-order valence-corrected chi connectivity index (χ1v) is 5.88. The molecular weight excluding hydrogens is 160 g/mol. The van der Waals surface area contributed by atoms with Crippen molar-refractivity contribution in [2.45, 2.75) is 71.8 Å². The molecule has 0 amide bonds. The predicted molar refractivity (Wildman–Crippen MR) is 59.1 cm³/mol. The summed E-state index contributed by atoms with van der Waals surface area (Å²) in [6.07, 6.45) is 7.18. The van der Waals surface area contributed by atoms with E-state index in [4.69, 9.17) is 4.74 Å². The van der Waals surface area contributed by atoms with Gasteiger partial charge in [-0.2, -0.15) is 0 Å². The lowest BCUT2D eigenvalue weighted by atomic mass is 9.92. The number of hydrogen-bond acceptors (Lipinski definition) is 1. The van der Waals surface area contributed by atoms with Crippen LogP contribution in [0.15, 0.2) is 0 Å². The Morgan fingerprint density at radius 2 is 1.54 bits per heavy atom. The fourth-order valence-electron chi connectivity index (χ4n) is 1.77. The van der Waals surface area contributed by atoms with Gasteiger partial charge in [0.2, 0.25) is 0 Å². The van der Waals surface area contributed by atoms with Gasteiger partial charge < -0.3 is 4.74 Å². The van der Waals surface area contributed by atoms with Crippen LogP contribution >= 0.6 is 0 Å². The highest BCUT2D eigenvalue weighted by Crippen LogP contribution is 2.26. The van der Waals surface area contributed by atoms with E-state index < -0.39 is 0 Å². The van der Waals surface area contributed by atoms with Gasteiger partial charge >= 0.3 is 0 Å². The van der Waals surface area contributed by atoms with E-state index in [-0.39, 0.29) is 5.60 Å². The number of unbranched alkanes of at least 4 members (excludes halogenated alkanes) is 1. The van der Waals surface area contributed by atoms with Crippen LogP contribution in [0.3, 0.4) is 0 Å². The minimum Gasteiger partial charge on any atom is -0.375 e. The summed E-state index contributed by atoms with van der Waals surface area (Å²) in [5.41, 5.74) is 0.184. The van der Waals surface area contributed by atoms with Crippen LogP contribution in [0.25, 0.3) is 0 Å². The van der Waals surface area contributed by atoms with E-state index >= 15 is 0 Å². The van der Waals surface area contributed by atoms with Gasteiger partial charge in [-0.05, 0) is 25.7 Å². The zero-order valence-electron chi connectivity index (χ0n) is 9.86. The summed E-state index contributed by atoms with van der Waals surface area (Å²) >= 11 is 0. The lowest BCUT2D eigenvalue weighted by molar-refractivity contribution is -0.0587. The quantitative estimate of drug-likeness (QED) is 0.517. The van der Waals surface area contributed by atoms with E-state index in [9.17, 15) is 0 Å². The molecule has 0 atom stereocenters. The molecular formula is C12H26O. The highest BCUT2D eigenvalue weighted by Gasteiger charge is 2.25. The molecule has 0 saturated heterocycles. The van der Waals surface area contributed by atoms with Gasteiger partial charge in [0.25, 0.3) is 0 Å². The summed E-state index contributed by atoms with van der Waals surface area (Å²) < 4.78 is 6.01. The third-order valence-corrected chi connectivity index (χ3v) is 2.90. The molecule has 0 unspecified atom stereocenters. The third-order valence-electron chi connectivity index (χ3n) is 2.90. The predicted octanol–water partition coefficient (Wildman–Crippen LogP) is 4.16. The Kier molecular flexibility index (Phi) is 7.35. The summed E-state index contributed by atoms with van der Waals surface area (Å²) in [5.74, 6) is 0. The van der Waals surface area contributed by atoms with Crippen molar-refractivity contribution in [3.05, 3.63) is 0 Å². The fraction of sp³-hybridized carbons (Fsp3) is 1.00. The van der Waals surface area contributed by atoms with Gasteiger partial charge in [0.05, 0.1) is 5.60 Å². The molecule has 80 valence electrons. The number of hydrogen-bond donors (Lipinski definition) is 0. The summed E-state index contributed by atoms with van der Waals surface area (Å²) in [6.45, 7) is 9.88. The Hall–Kier alpha value is -0.0400. The van der Waals surface area contributed by atoms with Crippen molar-refractivity contribution in [1.29, 1.82) is 0 Å². The first-order chi connectivity index (χ1) is 6.24. The van der Waals surface area contributed by atoms with Gasteiger partial charge in [0.1, 0.15) is 0 Å². The molecule has 0 aliphatic heterocycles. The molecule has 0 heterocycles. The zero-order chi connectivity index (χ0) is 10.2. The molecule has 0 aromatic heterocycles. The highest BCUT2D eigenvalue weighted by atomic mass is 16.5. The average molecular weight is 186 g/mol. The normalized spacial score (nSPS) is 12.0. The Balaban J connectivity index is 3.89. The molecule has 0 saturated carbocycles. The van der Waals surface area contributed by atoms with Crippen molar-refractivity contribution in [1.82, 2.24) is 0 Å². The molecule has 0 N–H and O–H groups in total. The molecule has 13 heavy (non-hydrogen) atoms. The molecule has 1 nitrogen and oxygen atoms in total. The van der Waals surface area contributed by atoms with Crippen molar-refractivity contribution in [2.24, 2.45) is 0 Å². The van der Waals surface area contributed by atoms with Crippen LogP contribution in [0, 0.1) is 0 Å². The second-order valence-electron chi connectivity index (χ2n) is 3.84. The molecule has 0 bridgehead atoms. The topological polar surface area (TPSA) is 9.23 Å². The standard InChI is InChI=1S/C12H26O/c1-5-9-11-13-12(7-3,8-4)10-6-2/h5-11H2,1-4H3. The van der Waals surface area contributed by atoms with Gasteiger partial charge in [-0.25, -0.2) is 0 Å². The Morgan fingerprint density at radius 3 is 1.92 bits per heavy atom. The second-order valence-corrected chi connectivity index (χ2v) is 3.84. The monoisotopic (exact) mass is 186 g/mol. The maximum Gasteiger partial charge on any atom is 0.0677 e. The van der Waals surface area contributed by atoms with Crippen LogP contribution in [-0.2, 0) is 4.74 Å². The first-order valence-electron chi connectivity index (χ1n) is 5.88. The van der Waals surface area contributed by atoms with Crippen LogP contribution < -0.4 is 0 Å². The van der Waals surface area contributed by atoms with Crippen LogP contribution in [0.5, 0.6) is 0 Å². The lowest BCUT2D eigenvalue weighted by Gasteiger charge is -2.31. The number of rotatable bonds is 8. The molecule has 0 rings (SSSR count). The molecule has 0 fully saturated rings. The summed E-state index contributed by atoms with van der Waals surface area (Å²) in [7, 11) is 0. The maximum absolute atomic E-state index is 6.01. The molecule has 0 spiro atoms. The Bertz CT molecular complexity index is 106. The summed E-state index contributed by atoms with van der Waals surface area (Å²) in [4.78, 5) is 0. The third kappa shape index (κ3) is 4.66. The SMILES string of the molecule is CCCCOC(CC)(CC)CCC. The molecule has 1 heteroatoms. The largest absolute Gasteiger partial charge is 0.375 e. The van der Waals surface area contributed by atoms with Gasteiger partial charge in [0.15, 0.2) is 0 Å². The van der Waals surface area contributed by atoms with Crippen LogP contribution in [-0.4, -0.2) is 12.2 Å². The summed E-state index contributed by atoms with van der Waals surface area (Å²) in [5, 5.41) is 0. The summed E-state index contributed by atoms with van der Waals surface area (Å²) in [6, 6.07) is 0. The molecule has 0 aromatic carbocycles. The zero-order valence-corrected chi connectivity index (χ0v) is 9.86. The van der Waals surface area contributed by atoms with E-state index in [0.29, 0.717) is 0 Å². The van der Waals surface area contributed by atoms with Crippen molar-refractivity contribution >= 4 is 0 Å². The van der Waals surface area contributed by atoms with Gasteiger partial charge in [0, 0.05) is 6.61 Å². The van der Waals surface area contributed by atoms with E-state index in [0.717, 1.165) is 19.4 Å². The van der Waals surface area contributed by atoms with E-state index in [2.05, 4.69) is 27.7 Å². The van der Waals surface area contributed by atoms with Gasteiger partial charge in [-0.1, -0.05) is 40.5 Å². The Morgan fingerprint density at radius 1 is 0.923 bits per heavy atom. The van der Waals surface area contributed by atoms with Crippen molar-refractivity contribution in [3.8, 4) is 0 Å². The Labute approximate surface area is 83.9 Å². The molecule has 0 radical (unpaired) electrons. The molecule has 0 aliphatic carbocycles. The first kappa shape index (κ1) is 13.0. The average Bonchev–Trinajstić information content (AvgIpc) is 2.17. The van der Waals surface area contributed by atoms with Crippen molar-refractivity contribution < 1.29 is 4.74 Å². The van der Waals surface area contributed by atoms with Crippen LogP contribution in [0.4, 0.5) is 0 Å². The number of ether oxygens (including phenoxy) is 1. The van der Waals surface area contributed by atoms with E-state index in [1.165, 1.54) is 25.7 Å². The minimum atomic E-state index is 0.184. The van der Waals surface area contributed by atoms with E-state index in [1.54, 1.807) is 0 Å². The molecule has 0 aliphatic rings.